The summed E-state index contributed by atoms with van der Waals surface area (Å²) in [6, 6.07) is 6.10. The zero-order valence-corrected chi connectivity index (χ0v) is 12.0. The van der Waals surface area contributed by atoms with Crippen LogP contribution >= 0.6 is 27.3 Å². The van der Waals surface area contributed by atoms with Gasteiger partial charge in [-0.1, -0.05) is 0 Å². The third-order valence-electron chi connectivity index (χ3n) is 2.45. The van der Waals surface area contributed by atoms with Gasteiger partial charge in [0.25, 0.3) is 5.78 Å². The Hall–Kier alpha value is -1.47. The van der Waals surface area contributed by atoms with Gasteiger partial charge in [0.05, 0.1) is 10.3 Å². The standard InChI is InChI=1S/C11H10BrN5S/c1-7-4-10(17-11(16-7)14-6-15-17)13-5-8-2-3-9(12)18-8/h2-4,6,13H,5H2,1H3. The molecule has 3 aromatic rings. The lowest BCUT2D eigenvalue weighted by molar-refractivity contribution is 0.919. The second-order valence-electron chi connectivity index (χ2n) is 3.81. The van der Waals surface area contributed by atoms with Crippen LogP contribution in [-0.2, 0) is 6.54 Å². The average molecular weight is 324 g/mol. The van der Waals surface area contributed by atoms with Crippen LogP contribution in [0.25, 0.3) is 5.78 Å². The van der Waals surface area contributed by atoms with E-state index >= 15 is 0 Å². The van der Waals surface area contributed by atoms with E-state index in [1.54, 1.807) is 15.9 Å². The van der Waals surface area contributed by atoms with E-state index in [0.29, 0.717) is 5.78 Å². The quantitative estimate of drug-likeness (QED) is 0.805. The lowest BCUT2D eigenvalue weighted by Gasteiger charge is -2.07. The molecule has 0 saturated heterocycles. The zero-order chi connectivity index (χ0) is 12.5. The van der Waals surface area contributed by atoms with Gasteiger partial charge >= 0.3 is 0 Å². The Kier molecular flexibility index (Phi) is 3.00. The van der Waals surface area contributed by atoms with E-state index in [-0.39, 0.29) is 0 Å². The number of rotatable bonds is 3. The highest BCUT2D eigenvalue weighted by Gasteiger charge is 2.05. The molecule has 0 radical (unpaired) electrons. The van der Waals surface area contributed by atoms with Gasteiger partial charge in [0.15, 0.2) is 0 Å². The topological polar surface area (TPSA) is 55.1 Å². The molecule has 0 aliphatic carbocycles. The summed E-state index contributed by atoms with van der Waals surface area (Å²) >= 11 is 5.17. The maximum Gasteiger partial charge on any atom is 0.254 e. The van der Waals surface area contributed by atoms with E-state index in [1.807, 2.05) is 19.1 Å². The van der Waals surface area contributed by atoms with Gasteiger partial charge in [0.2, 0.25) is 0 Å². The van der Waals surface area contributed by atoms with Crippen LogP contribution < -0.4 is 5.32 Å². The van der Waals surface area contributed by atoms with E-state index in [2.05, 4.69) is 42.4 Å². The lowest BCUT2D eigenvalue weighted by Crippen LogP contribution is -2.06. The molecule has 92 valence electrons. The minimum atomic E-state index is 0.616. The first-order valence-electron chi connectivity index (χ1n) is 5.38. The highest BCUT2D eigenvalue weighted by Crippen LogP contribution is 2.23. The Morgan fingerprint density at radius 2 is 2.33 bits per heavy atom. The normalized spacial score (nSPS) is 11.0. The van der Waals surface area contributed by atoms with Gasteiger partial charge in [0.1, 0.15) is 12.1 Å². The number of hydrogen-bond acceptors (Lipinski definition) is 5. The van der Waals surface area contributed by atoms with Crippen LogP contribution in [0.5, 0.6) is 0 Å². The minimum absolute atomic E-state index is 0.616. The smallest absolute Gasteiger partial charge is 0.254 e. The largest absolute Gasteiger partial charge is 0.365 e. The van der Waals surface area contributed by atoms with Crippen LogP contribution in [0.2, 0.25) is 0 Å². The fraction of sp³-hybridized carbons (Fsp3) is 0.182. The van der Waals surface area contributed by atoms with Crippen LogP contribution in [0.4, 0.5) is 5.82 Å². The van der Waals surface area contributed by atoms with Crippen LogP contribution in [0.1, 0.15) is 10.6 Å². The summed E-state index contributed by atoms with van der Waals surface area (Å²) in [6.07, 6.45) is 1.51. The fourth-order valence-electron chi connectivity index (χ4n) is 1.68. The number of fused-ring (bicyclic) bond motifs is 1. The average Bonchev–Trinajstić information content (AvgIpc) is 2.94. The summed E-state index contributed by atoms with van der Waals surface area (Å²) in [5.41, 5.74) is 0.922. The molecule has 0 saturated carbocycles. The van der Waals surface area contributed by atoms with E-state index < -0.39 is 0 Å². The molecule has 0 aliphatic rings. The molecule has 1 N–H and O–H groups in total. The number of aromatic nitrogens is 4. The summed E-state index contributed by atoms with van der Waals surface area (Å²) in [5.74, 6) is 1.52. The molecular formula is C11H10BrN5S. The molecular weight excluding hydrogens is 314 g/mol. The number of nitrogens with one attached hydrogen (secondary N) is 1. The molecule has 0 fully saturated rings. The third-order valence-corrected chi connectivity index (χ3v) is 4.08. The van der Waals surface area contributed by atoms with Crippen molar-refractivity contribution < 1.29 is 0 Å². The number of thiophene rings is 1. The lowest BCUT2D eigenvalue weighted by atomic mass is 10.4. The molecule has 0 bridgehead atoms. The Morgan fingerprint density at radius 3 is 3.11 bits per heavy atom. The number of anilines is 1. The van der Waals surface area contributed by atoms with Crippen molar-refractivity contribution in [3.8, 4) is 0 Å². The van der Waals surface area contributed by atoms with Crippen molar-refractivity contribution in [2.45, 2.75) is 13.5 Å². The minimum Gasteiger partial charge on any atom is -0.365 e. The molecule has 3 aromatic heterocycles. The van der Waals surface area contributed by atoms with E-state index in [1.165, 1.54) is 11.2 Å². The van der Waals surface area contributed by atoms with Crippen molar-refractivity contribution in [2.75, 3.05) is 5.32 Å². The molecule has 0 aliphatic heterocycles. The van der Waals surface area contributed by atoms with E-state index in [9.17, 15) is 0 Å². The summed E-state index contributed by atoms with van der Waals surface area (Å²) in [4.78, 5) is 9.65. The van der Waals surface area contributed by atoms with Gasteiger partial charge in [-0.25, -0.2) is 4.98 Å². The van der Waals surface area contributed by atoms with Crippen molar-refractivity contribution in [2.24, 2.45) is 0 Å². The number of hydrogen-bond donors (Lipinski definition) is 1. The number of aryl methyl sites for hydroxylation is 1. The van der Waals surface area contributed by atoms with Gasteiger partial charge in [-0.05, 0) is 35.0 Å². The molecule has 3 rings (SSSR count). The molecule has 0 amide bonds. The Morgan fingerprint density at radius 1 is 1.44 bits per heavy atom. The molecule has 3 heterocycles. The Labute approximate surface area is 116 Å². The van der Waals surface area contributed by atoms with Crippen molar-refractivity contribution in [3.63, 3.8) is 0 Å². The van der Waals surface area contributed by atoms with E-state index in [4.69, 9.17) is 0 Å². The molecule has 7 heteroatoms. The Balaban J connectivity index is 1.87. The zero-order valence-electron chi connectivity index (χ0n) is 9.59. The highest BCUT2D eigenvalue weighted by molar-refractivity contribution is 9.11. The molecule has 5 nitrogen and oxygen atoms in total. The molecule has 0 unspecified atom stereocenters. The number of halogens is 1. The first-order chi connectivity index (χ1) is 8.72. The van der Waals surface area contributed by atoms with Crippen LogP contribution in [-0.4, -0.2) is 19.6 Å². The van der Waals surface area contributed by atoms with Crippen molar-refractivity contribution >= 4 is 38.9 Å². The highest BCUT2D eigenvalue weighted by atomic mass is 79.9. The first-order valence-corrected chi connectivity index (χ1v) is 6.99. The summed E-state index contributed by atoms with van der Waals surface area (Å²) in [6.45, 7) is 2.70. The second kappa shape index (κ2) is 4.66. The third kappa shape index (κ3) is 2.23. The SMILES string of the molecule is Cc1cc(NCc2ccc(Br)s2)n2ncnc2n1. The fourth-order valence-corrected chi connectivity index (χ4v) is 3.10. The maximum atomic E-state index is 4.30. The molecule has 0 aromatic carbocycles. The van der Waals surface area contributed by atoms with Gasteiger partial charge in [0, 0.05) is 16.6 Å². The molecule has 0 atom stereocenters. The van der Waals surface area contributed by atoms with Crippen LogP contribution in [0.3, 0.4) is 0 Å². The summed E-state index contributed by atoms with van der Waals surface area (Å²) in [7, 11) is 0. The van der Waals surface area contributed by atoms with Crippen LogP contribution in [0.15, 0.2) is 28.3 Å². The monoisotopic (exact) mass is 323 g/mol. The molecule has 18 heavy (non-hydrogen) atoms. The van der Waals surface area contributed by atoms with E-state index in [0.717, 1.165) is 21.8 Å². The predicted molar refractivity (Wildman–Crippen MR) is 74.9 cm³/mol. The van der Waals surface area contributed by atoms with Gasteiger partial charge in [-0.15, -0.1) is 11.3 Å². The first kappa shape index (κ1) is 11.6. The van der Waals surface area contributed by atoms with Gasteiger partial charge < -0.3 is 5.32 Å². The molecule has 0 spiro atoms. The number of nitrogens with zero attached hydrogens (tertiary/aromatic N) is 4. The van der Waals surface area contributed by atoms with Gasteiger partial charge in [-0.3, -0.25) is 0 Å². The maximum absolute atomic E-state index is 4.30. The van der Waals surface area contributed by atoms with Crippen molar-refractivity contribution in [3.05, 3.63) is 38.9 Å². The van der Waals surface area contributed by atoms with Crippen LogP contribution in [0, 0.1) is 6.92 Å². The van der Waals surface area contributed by atoms with Crippen molar-refractivity contribution in [1.82, 2.24) is 19.6 Å². The van der Waals surface area contributed by atoms with Gasteiger partial charge in [-0.2, -0.15) is 14.6 Å². The Bertz CT molecular complexity index is 690. The summed E-state index contributed by atoms with van der Waals surface area (Å²) in [5, 5.41) is 7.51. The predicted octanol–water partition coefficient (Wildman–Crippen LogP) is 2.87. The van der Waals surface area contributed by atoms with Crippen molar-refractivity contribution in [1.29, 1.82) is 0 Å². The summed E-state index contributed by atoms with van der Waals surface area (Å²) < 4.78 is 2.84. The second-order valence-corrected chi connectivity index (χ2v) is 6.36.